The monoisotopic (exact) mass is 320 g/mol. The number of ketones is 1. The number of carbonyl (C=O) groups excluding carboxylic acids is 2. The van der Waals surface area contributed by atoms with Crippen LogP contribution in [0.5, 0.6) is 5.75 Å². The summed E-state index contributed by atoms with van der Waals surface area (Å²) in [6.07, 6.45) is 1.46. The summed E-state index contributed by atoms with van der Waals surface area (Å²) in [5.41, 5.74) is 1.90. The second-order valence-electron chi connectivity index (χ2n) is 5.54. The van der Waals surface area contributed by atoms with E-state index in [9.17, 15) is 9.59 Å². The number of benzene rings is 2. The standard InChI is InChI=1S/C19H16N2O3/c20-12-14-3-9-17(10-4-14)24-13-18(22)15-5-7-16(8-6-15)21-11-1-2-19(21)23/h3-10H,1-2,11,13H2. The summed E-state index contributed by atoms with van der Waals surface area (Å²) >= 11 is 0. The minimum Gasteiger partial charge on any atom is -0.485 e. The predicted molar refractivity (Wildman–Crippen MR) is 89.0 cm³/mol. The zero-order valence-corrected chi connectivity index (χ0v) is 13.1. The van der Waals surface area contributed by atoms with E-state index in [4.69, 9.17) is 10.00 Å². The van der Waals surface area contributed by atoms with Crippen LogP contribution in [0.15, 0.2) is 48.5 Å². The highest BCUT2D eigenvalue weighted by Gasteiger charge is 2.21. The van der Waals surface area contributed by atoms with Gasteiger partial charge in [-0.1, -0.05) is 0 Å². The quantitative estimate of drug-likeness (QED) is 0.794. The van der Waals surface area contributed by atoms with Crippen LogP contribution in [0, 0.1) is 11.3 Å². The number of rotatable bonds is 5. The third-order valence-corrected chi connectivity index (χ3v) is 3.93. The molecule has 1 aliphatic rings. The van der Waals surface area contributed by atoms with E-state index in [0.29, 0.717) is 23.3 Å². The molecule has 0 radical (unpaired) electrons. The van der Waals surface area contributed by atoms with Gasteiger partial charge in [0, 0.05) is 24.2 Å². The van der Waals surface area contributed by atoms with Crippen molar-refractivity contribution in [3.63, 3.8) is 0 Å². The number of amides is 1. The van der Waals surface area contributed by atoms with Gasteiger partial charge in [-0.05, 0) is 55.0 Å². The fourth-order valence-electron chi connectivity index (χ4n) is 2.61. The van der Waals surface area contributed by atoms with Crippen LogP contribution in [0.2, 0.25) is 0 Å². The van der Waals surface area contributed by atoms with E-state index in [1.165, 1.54) is 0 Å². The number of ether oxygens (including phenoxy) is 1. The van der Waals surface area contributed by atoms with Crippen LogP contribution < -0.4 is 9.64 Å². The molecule has 3 rings (SSSR count). The maximum atomic E-state index is 12.2. The van der Waals surface area contributed by atoms with Crippen LogP contribution in [0.25, 0.3) is 0 Å². The average molecular weight is 320 g/mol. The third kappa shape index (κ3) is 3.44. The van der Waals surface area contributed by atoms with Gasteiger partial charge in [-0.2, -0.15) is 5.26 Å². The van der Waals surface area contributed by atoms with Crippen molar-refractivity contribution in [2.24, 2.45) is 0 Å². The van der Waals surface area contributed by atoms with Gasteiger partial charge in [0.2, 0.25) is 5.91 Å². The molecule has 2 aromatic rings. The largest absolute Gasteiger partial charge is 0.485 e. The van der Waals surface area contributed by atoms with E-state index in [1.807, 2.05) is 6.07 Å². The molecular weight excluding hydrogens is 304 g/mol. The molecule has 0 N–H and O–H groups in total. The molecule has 0 saturated carbocycles. The molecule has 120 valence electrons. The van der Waals surface area contributed by atoms with Crippen molar-refractivity contribution < 1.29 is 14.3 Å². The van der Waals surface area contributed by atoms with Crippen LogP contribution in [-0.2, 0) is 4.79 Å². The van der Waals surface area contributed by atoms with Crippen LogP contribution in [0.1, 0.15) is 28.8 Å². The molecule has 1 fully saturated rings. The zero-order chi connectivity index (χ0) is 16.9. The number of hydrogen-bond acceptors (Lipinski definition) is 4. The first-order chi connectivity index (χ1) is 11.7. The Bertz CT molecular complexity index is 789. The second-order valence-corrected chi connectivity index (χ2v) is 5.54. The molecule has 5 nitrogen and oxygen atoms in total. The molecule has 0 spiro atoms. The number of nitriles is 1. The van der Waals surface area contributed by atoms with E-state index in [1.54, 1.807) is 53.4 Å². The second kappa shape index (κ2) is 6.97. The van der Waals surface area contributed by atoms with E-state index >= 15 is 0 Å². The lowest BCUT2D eigenvalue weighted by Gasteiger charge is -2.15. The smallest absolute Gasteiger partial charge is 0.227 e. The van der Waals surface area contributed by atoms with Gasteiger partial charge in [-0.3, -0.25) is 9.59 Å². The van der Waals surface area contributed by atoms with E-state index < -0.39 is 0 Å². The van der Waals surface area contributed by atoms with Crippen LogP contribution in [0.4, 0.5) is 5.69 Å². The van der Waals surface area contributed by atoms with Gasteiger partial charge in [0.25, 0.3) is 0 Å². The Labute approximate surface area is 140 Å². The maximum Gasteiger partial charge on any atom is 0.227 e. The van der Waals surface area contributed by atoms with Gasteiger partial charge < -0.3 is 9.64 Å². The highest BCUT2D eigenvalue weighted by atomic mass is 16.5. The van der Waals surface area contributed by atoms with Gasteiger partial charge in [-0.15, -0.1) is 0 Å². The van der Waals surface area contributed by atoms with E-state index in [-0.39, 0.29) is 18.3 Å². The number of nitrogens with zero attached hydrogens (tertiary/aromatic N) is 2. The number of hydrogen-bond donors (Lipinski definition) is 0. The molecule has 24 heavy (non-hydrogen) atoms. The summed E-state index contributed by atoms with van der Waals surface area (Å²) in [7, 11) is 0. The third-order valence-electron chi connectivity index (χ3n) is 3.93. The first kappa shape index (κ1) is 15.8. The van der Waals surface area contributed by atoms with Crippen LogP contribution >= 0.6 is 0 Å². The van der Waals surface area contributed by atoms with Gasteiger partial charge >= 0.3 is 0 Å². The molecule has 5 heteroatoms. The first-order valence-electron chi connectivity index (χ1n) is 7.74. The predicted octanol–water partition coefficient (Wildman–Crippen LogP) is 2.95. The first-order valence-corrected chi connectivity index (χ1v) is 7.74. The Morgan fingerprint density at radius 3 is 2.42 bits per heavy atom. The van der Waals surface area contributed by atoms with Gasteiger partial charge in [0.1, 0.15) is 5.75 Å². The Balaban J connectivity index is 1.60. The Morgan fingerprint density at radius 1 is 1.12 bits per heavy atom. The van der Waals surface area contributed by atoms with Crippen molar-refractivity contribution in [2.75, 3.05) is 18.1 Å². The lowest BCUT2D eigenvalue weighted by Crippen LogP contribution is -2.23. The lowest BCUT2D eigenvalue weighted by atomic mass is 10.1. The molecular formula is C19H16N2O3. The normalized spacial score (nSPS) is 13.6. The molecule has 1 heterocycles. The summed E-state index contributed by atoms with van der Waals surface area (Å²) in [6, 6.07) is 15.6. The van der Waals surface area contributed by atoms with Crippen molar-refractivity contribution in [2.45, 2.75) is 12.8 Å². The molecule has 1 aliphatic heterocycles. The summed E-state index contributed by atoms with van der Waals surface area (Å²) in [5, 5.41) is 8.74. The Morgan fingerprint density at radius 2 is 1.83 bits per heavy atom. The number of Topliss-reactive ketones (excluding diaryl/α,β-unsaturated/α-hetero) is 1. The molecule has 0 aromatic heterocycles. The fraction of sp³-hybridized carbons (Fsp3) is 0.211. The topological polar surface area (TPSA) is 70.4 Å². The maximum absolute atomic E-state index is 12.2. The molecule has 1 saturated heterocycles. The molecule has 0 unspecified atom stereocenters. The SMILES string of the molecule is N#Cc1ccc(OCC(=O)c2ccc(N3CCCC3=O)cc2)cc1. The van der Waals surface area contributed by atoms with Crippen molar-refractivity contribution in [1.82, 2.24) is 0 Å². The fourth-order valence-corrected chi connectivity index (χ4v) is 2.61. The lowest BCUT2D eigenvalue weighted by molar-refractivity contribution is -0.117. The molecule has 0 bridgehead atoms. The summed E-state index contributed by atoms with van der Waals surface area (Å²) in [6.45, 7) is 0.655. The summed E-state index contributed by atoms with van der Waals surface area (Å²) in [4.78, 5) is 25.6. The Kier molecular flexibility index (Phi) is 4.57. The van der Waals surface area contributed by atoms with Crippen molar-refractivity contribution in [1.29, 1.82) is 5.26 Å². The van der Waals surface area contributed by atoms with Crippen LogP contribution in [-0.4, -0.2) is 24.8 Å². The molecule has 0 aliphatic carbocycles. The van der Waals surface area contributed by atoms with E-state index in [2.05, 4.69) is 0 Å². The van der Waals surface area contributed by atoms with Gasteiger partial charge in [0.15, 0.2) is 12.4 Å². The van der Waals surface area contributed by atoms with Crippen LogP contribution in [0.3, 0.4) is 0 Å². The molecule has 1 amide bonds. The minimum atomic E-state index is -0.140. The zero-order valence-electron chi connectivity index (χ0n) is 13.1. The van der Waals surface area contributed by atoms with Crippen molar-refractivity contribution in [3.8, 4) is 11.8 Å². The highest BCUT2D eigenvalue weighted by molar-refractivity contribution is 5.99. The highest BCUT2D eigenvalue weighted by Crippen LogP contribution is 2.22. The minimum absolute atomic E-state index is 0.0755. The number of carbonyl (C=O) groups is 2. The molecule has 0 atom stereocenters. The summed E-state index contributed by atoms with van der Waals surface area (Å²) < 4.78 is 5.45. The average Bonchev–Trinajstić information content (AvgIpc) is 3.06. The van der Waals surface area contributed by atoms with Crippen molar-refractivity contribution >= 4 is 17.4 Å². The van der Waals surface area contributed by atoms with Gasteiger partial charge in [0.05, 0.1) is 11.6 Å². The summed E-state index contributed by atoms with van der Waals surface area (Å²) in [5.74, 6) is 0.526. The van der Waals surface area contributed by atoms with E-state index in [0.717, 1.165) is 18.7 Å². The van der Waals surface area contributed by atoms with Crippen molar-refractivity contribution in [3.05, 3.63) is 59.7 Å². The Hall–Kier alpha value is -3.13. The number of anilines is 1. The van der Waals surface area contributed by atoms with Gasteiger partial charge in [-0.25, -0.2) is 0 Å². The molecule has 2 aromatic carbocycles.